The highest BCUT2D eigenvalue weighted by molar-refractivity contribution is 5.84. The van der Waals surface area contributed by atoms with Crippen molar-refractivity contribution in [3.05, 3.63) is 77.0 Å². The average Bonchev–Trinajstić information content (AvgIpc) is 3.49. The molecular formula is C29H28N4O4. The highest BCUT2D eigenvalue weighted by atomic mass is 16.5. The van der Waals surface area contributed by atoms with Crippen molar-refractivity contribution in [2.24, 2.45) is 0 Å². The maximum atomic E-state index is 12.9. The number of benzene rings is 2. The van der Waals surface area contributed by atoms with Gasteiger partial charge in [0.1, 0.15) is 29.2 Å². The van der Waals surface area contributed by atoms with Crippen molar-refractivity contribution in [2.45, 2.75) is 56.2 Å². The summed E-state index contributed by atoms with van der Waals surface area (Å²) in [7, 11) is 0. The van der Waals surface area contributed by atoms with Crippen LogP contribution in [0.5, 0.6) is 17.2 Å². The first-order chi connectivity index (χ1) is 18.1. The van der Waals surface area contributed by atoms with Gasteiger partial charge in [0.15, 0.2) is 5.78 Å². The Balaban J connectivity index is 1.03. The molecule has 4 aliphatic rings. The van der Waals surface area contributed by atoms with Crippen molar-refractivity contribution < 1.29 is 19.1 Å². The quantitative estimate of drug-likeness (QED) is 0.495. The summed E-state index contributed by atoms with van der Waals surface area (Å²) in [5.74, 6) is 3.19. The number of aromatic nitrogens is 1. The second-order valence-electron chi connectivity index (χ2n) is 10.2. The number of anilines is 1. The number of rotatable bonds is 4. The van der Waals surface area contributed by atoms with Crippen LogP contribution in [0.1, 0.15) is 53.5 Å². The monoisotopic (exact) mass is 496 g/mol. The van der Waals surface area contributed by atoms with E-state index in [1.165, 1.54) is 11.1 Å². The molecule has 37 heavy (non-hydrogen) atoms. The minimum atomic E-state index is -0.153. The minimum Gasteiger partial charge on any atom is -0.487 e. The molecule has 2 aliphatic carbocycles. The van der Waals surface area contributed by atoms with Gasteiger partial charge in [0, 0.05) is 23.7 Å². The Morgan fingerprint density at radius 2 is 1.97 bits per heavy atom. The van der Waals surface area contributed by atoms with Crippen LogP contribution in [0.3, 0.4) is 0 Å². The van der Waals surface area contributed by atoms with Crippen LogP contribution in [-0.2, 0) is 17.6 Å². The van der Waals surface area contributed by atoms with Crippen molar-refractivity contribution >= 4 is 17.6 Å². The fourth-order valence-electron chi connectivity index (χ4n) is 5.96. The summed E-state index contributed by atoms with van der Waals surface area (Å²) in [6.45, 7) is 0.290. The zero-order valence-corrected chi connectivity index (χ0v) is 20.3. The van der Waals surface area contributed by atoms with Crippen LogP contribution in [0, 0.1) is 0 Å². The van der Waals surface area contributed by atoms with Crippen molar-refractivity contribution in [2.75, 3.05) is 11.9 Å². The molecule has 7 rings (SSSR count). The number of carbonyl (C=O) groups is 2. The molecule has 4 atom stereocenters. The molecule has 3 aromatic rings. The molecule has 1 fully saturated rings. The maximum absolute atomic E-state index is 12.9. The molecule has 0 radical (unpaired) electrons. The molecule has 3 N–H and O–H groups in total. The third kappa shape index (κ3) is 4.06. The lowest BCUT2D eigenvalue weighted by Crippen LogP contribution is -2.41. The number of carbonyl (C=O) groups excluding carboxylic acids is 2. The van der Waals surface area contributed by atoms with Gasteiger partial charge < -0.3 is 25.4 Å². The van der Waals surface area contributed by atoms with Gasteiger partial charge in [0.2, 0.25) is 0 Å². The van der Waals surface area contributed by atoms with Gasteiger partial charge >= 0.3 is 6.03 Å². The van der Waals surface area contributed by atoms with E-state index in [1.54, 1.807) is 6.20 Å². The number of amides is 2. The van der Waals surface area contributed by atoms with Crippen LogP contribution < -0.4 is 25.4 Å². The van der Waals surface area contributed by atoms with E-state index in [-0.39, 0.29) is 42.5 Å². The summed E-state index contributed by atoms with van der Waals surface area (Å²) in [6.07, 6.45) is 5.78. The van der Waals surface area contributed by atoms with E-state index in [0.717, 1.165) is 36.1 Å². The Morgan fingerprint density at radius 1 is 1.05 bits per heavy atom. The minimum absolute atomic E-state index is 0.0389. The third-order valence-electron chi connectivity index (χ3n) is 7.88. The first-order valence-corrected chi connectivity index (χ1v) is 13.0. The molecule has 1 saturated carbocycles. The zero-order chi connectivity index (χ0) is 24.9. The van der Waals surface area contributed by atoms with Crippen LogP contribution >= 0.6 is 0 Å². The number of nitrogens with zero attached hydrogens (tertiary/aromatic N) is 1. The Labute approximate surface area is 214 Å². The van der Waals surface area contributed by atoms with E-state index in [2.05, 4.69) is 39.1 Å². The Hall–Kier alpha value is -4.07. The number of hydrogen-bond acceptors (Lipinski definition) is 6. The molecule has 2 aliphatic heterocycles. The molecular weight excluding hydrogens is 468 g/mol. The van der Waals surface area contributed by atoms with Crippen molar-refractivity contribution in [3.8, 4) is 17.2 Å². The number of hydrogen-bond donors (Lipinski definition) is 3. The number of pyridine rings is 1. The normalized spacial score (nSPS) is 24.7. The van der Waals surface area contributed by atoms with Gasteiger partial charge in [-0.25, -0.2) is 9.78 Å². The molecule has 0 saturated heterocycles. The molecule has 2 aromatic carbocycles. The first kappa shape index (κ1) is 22.2. The number of aryl methyl sites for hydroxylation is 1. The predicted octanol–water partition coefficient (Wildman–Crippen LogP) is 4.40. The lowest BCUT2D eigenvalue weighted by Gasteiger charge is -2.26. The number of urea groups is 1. The van der Waals surface area contributed by atoms with E-state index in [4.69, 9.17) is 9.47 Å². The van der Waals surface area contributed by atoms with Gasteiger partial charge in [-0.05, 0) is 61.1 Å². The van der Waals surface area contributed by atoms with Crippen LogP contribution in [0.4, 0.5) is 10.6 Å². The van der Waals surface area contributed by atoms with Gasteiger partial charge in [-0.3, -0.25) is 4.79 Å². The van der Waals surface area contributed by atoms with Crippen LogP contribution in [0.25, 0.3) is 0 Å². The Bertz CT molecular complexity index is 1410. The molecule has 3 heterocycles. The first-order valence-electron chi connectivity index (χ1n) is 13.0. The van der Waals surface area contributed by atoms with Gasteiger partial charge in [0.05, 0.1) is 24.5 Å². The van der Waals surface area contributed by atoms with Crippen LogP contribution in [0.2, 0.25) is 0 Å². The smallest absolute Gasteiger partial charge is 0.315 e. The highest BCUT2D eigenvalue weighted by Gasteiger charge is 2.59. The second kappa shape index (κ2) is 8.80. The van der Waals surface area contributed by atoms with Crippen molar-refractivity contribution in [1.82, 2.24) is 15.6 Å². The summed E-state index contributed by atoms with van der Waals surface area (Å²) in [5, 5.41) is 9.41. The summed E-state index contributed by atoms with van der Waals surface area (Å²) in [6, 6.07) is 15.8. The average molecular weight is 497 g/mol. The molecule has 0 bridgehead atoms. The summed E-state index contributed by atoms with van der Waals surface area (Å²) in [5.41, 5.74) is 4.50. The van der Waals surface area contributed by atoms with Gasteiger partial charge in [-0.15, -0.1) is 0 Å². The van der Waals surface area contributed by atoms with Crippen molar-refractivity contribution in [3.63, 3.8) is 0 Å². The molecule has 2 amide bonds. The predicted molar refractivity (Wildman–Crippen MR) is 137 cm³/mol. The Morgan fingerprint density at radius 3 is 2.92 bits per heavy atom. The SMILES string of the molecule is O=C1CCc2c(Oc3ccc4c(c3)C3C(NC(=O)NC5CCCc6ccccc65)C3O4)ccnc2NC1. The van der Waals surface area contributed by atoms with Gasteiger partial charge in [-0.2, -0.15) is 0 Å². The summed E-state index contributed by atoms with van der Waals surface area (Å²) < 4.78 is 12.4. The maximum Gasteiger partial charge on any atom is 0.315 e. The molecule has 8 heteroatoms. The van der Waals surface area contributed by atoms with Gasteiger partial charge in [0.25, 0.3) is 0 Å². The number of ether oxygens (including phenoxy) is 2. The lowest BCUT2D eigenvalue weighted by molar-refractivity contribution is -0.117. The Kier molecular flexibility index (Phi) is 5.27. The lowest BCUT2D eigenvalue weighted by atomic mass is 9.88. The molecule has 4 unspecified atom stereocenters. The van der Waals surface area contributed by atoms with E-state index in [9.17, 15) is 9.59 Å². The van der Waals surface area contributed by atoms with E-state index in [0.29, 0.717) is 30.2 Å². The van der Waals surface area contributed by atoms with E-state index < -0.39 is 0 Å². The summed E-state index contributed by atoms with van der Waals surface area (Å²) in [4.78, 5) is 29.1. The number of Topliss-reactive ketones (excluding diaryl/α,β-unsaturated/α-hetero) is 1. The molecule has 1 aromatic heterocycles. The van der Waals surface area contributed by atoms with Crippen molar-refractivity contribution in [1.29, 1.82) is 0 Å². The van der Waals surface area contributed by atoms with Crippen LogP contribution in [-0.4, -0.2) is 35.5 Å². The topological polar surface area (TPSA) is 102 Å². The summed E-state index contributed by atoms with van der Waals surface area (Å²) >= 11 is 0. The molecule has 0 spiro atoms. The largest absolute Gasteiger partial charge is 0.487 e. The fraction of sp³-hybridized carbons (Fsp3) is 0.345. The molecule has 8 nitrogen and oxygen atoms in total. The number of nitrogens with one attached hydrogen (secondary N) is 3. The highest BCUT2D eigenvalue weighted by Crippen LogP contribution is 2.54. The van der Waals surface area contributed by atoms with Gasteiger partial charge in [-0.1, -0.05) is 24.3 Å². The van der Waals surface area contributed by atoms with Crippen LogP contribution in [0.15, 0.2) is 54.7 Å². The van der Waals surface area contributed by atoms with E-state index >= 15 is 0 Å². The third-order valence-corrected chi connectivity index (χ3v) is 7.88. The number of fused-ring (bicyclic) bond motifs is 5. The second-order valence-corrected chi connectivity index (χ2v) is 10.2. The fourth-order valence-corrected chi connectivity index (χ4v) is 5.96. The molecule has 188 valence electrons. The standard InChI is InChI=1S/C29H28N4O4/c34-17-8-10-20-24(12-13-30-28(20)31-15-17)36-18-9-11-23-21(14-18)25-26(27(25)37-23)33-29(35)32-22-7-3-5-16-4-1-2-6-19(16)22/h1-2,4,6,9,11-14,22,25-27H,3,5,7-8,10,15H2,(H,30,31)(H2,32,33,35). The number of ketones is 1. The zero-order valence-electron chi connectivity index (χ0n) is 20.3. The van der Waals surface area contributed by atoms with E-state index in [1.807, 2.05) is 30.3 Å².